The van der Waals surface area contributed by atoms with Crippen LogP contribution in [0.2, 0.25) is 5.02 Å². The van der Waals surface area contributed by atoms with Gasteiger partial charge in [-0.3, -0.25) is 4.79 Å². The molecule has 3 nitrogen and oxygen atoms in total. The Morgan fingerprint density at radius 2 is 2.24 bits per heavy atom. The number of hydrogen-bond donors (Lipinski definition) is 2. The molecule has 0 amide bonds. The van der Waals surface area contributed by atoms with E-state index in [9.17, 15) is 9.90 Å². The number of aliphatic carboxylic acids is 1. The lowest BCUT2D eigenvalue weighted by Crippen LogP contribution is -2.49. The number of benzene rings is 1. The largest absolute Gasteiger partial charge is 0.480 e. The van der Waals surface area contributed by atoms with Gasteiger partial charge in [-0.15, -0.1) is 0 Å². The van der Waals surface area contributed by atoms with Gasteiger partial charge >= 0.3 is 5.97 Å². The first-order chi connectivity index (χ1) is 7.98. The monoisotopic (exact) mass is 255 g/mol. The molecule has 0 bridgehead atoms. The maximum atomic E-state index is 11.3. The van der Waals surface area contributed by atoms with E-state index in [2.05, 4.69) is 0 Å². The van der Waals surface area contributed by atoms with Gasteiger partial charge in [-0.25, -0.2) is 0 Å². The average molecular weight is 256 g/mol. The van der Waals surface area contributed by atoms with E-state index in [0.717, 1.165) is 18.4 Å². The molecule has 0 fully saturated rings. The van der Waals surface area contributed by atoms with Crippen molar-refractivity contribution in [2.75, 3.05) is 0 Å². The fourth-order valence-electron chi connectivity index (χ4n) is 1.77. The Balaban J connectivity index is 2.83. The highest BCUT2D eigenvalue weighted by Crippen LogP contribution is 2.20. The van der Waals surface area contributed by atoms with E-state index in [1.165, 1.54) is 0 Å². The van der Waals surface area contributed by atoms with Crippen molar-refractivity contribution in [2.45, 2.75) is 38.1 Å². The van der Waals surface area contributed by atoms with E-state index >= 15 is 0 Å². The summed E-state index contributed by atoms with van der Waals surface area (Å²) in [5, 5.41) is 9.83. The second-order valence-corrected chi connectivity index (χ2v) is 4.81. The van der Waals surface area contributed by atoms with Crippen LogP contribution in [0.15, 0.2) is 24.3 Å². The molecule has 0 aliphatic rings. The van der Waals surface area contributed by atoms with Crippen LogP contribution in [0.3, 0.4) is 0 Å². The van der Waals surface area contributed by atoms with E-state index < -0.39 is 11.5 Å². The number of unbranched alkanes of at least 4 members (excludes halogenated alkanes) is 1. The van der Waals surface area contributed by atoms with Crippen LogP contribution in [0.5, 0.6) is 0 Å². The van der Waals surface area contributed by atoms with Crippen LogP contribution in [0.1, 0.15) is 31.7 Å². The Bertz CT molecular complexity index is 395. The Morgan fingerprint density at radius 1 is 1.53 bits per heavy atom. The maximum absolute atomic E-state index is 11.3. The topological polar surface area (TPSA) is 63.3 Å². The van der Waals surface area contributed by atoms with Crippen LogP contribution in [0.25, 0.3) is 0 Å². The number of hydrogen-bond acceptors (Lipinski definition) is 2. The van der Waals surface area contributed by atoms with Crippen molar-refractivity contribution >= 4 is 17.6 Å². The van der Waals surface area contributed by atoms with Gasteiger partial charge in [0.25, 0.3) is 0 Å². The second kappa shape index (κ2) is 6.03. The summed E-state index contributed by atoms with van der Waals surface area (Å²) in [5.41, 5.74) is 5.63. The summed E-state index contributed by atoms with van der Waals surface area (Å²) in [6.07, 6.45) is 2.53. The number of carboxylic acids is 1. The van der Waals surface area contributed by atoms with Crippen molar-refractivity contribution < 1.29 is 9.90 Å². The first-order valence-corrected chi connectivity index (χ1v) is 6.12. The molecule has 1 aromatic rings. The first kappa shape index (κ1) is 14.0. The second-order valence-electron chi connectivity index (χ2n) is 4.37. The molecule has 0 radical (unpaired) electrons. The third-order valence-electron chi connectivity index (χ3n) is 2.81. The molecule has 0 aromatic heterocycles. The van der Waals surface area contributed by atoms with E-state index in [1.807, 2.05) is 13.0 Å². The fourth-order valence-corrected chi connectivity index (χ4v) is 1.99. The van der Waals surface area contributed by atoms with Crippen molar-refractivity contribution in [3.63, 3.8) is 0 Å². The van der Waals surface area contributed by atoms with Gasteiger partial charge in [0.1, 0.15) is 5.54 Å². The van der Waals surface area contributed by atoms with Gasteiger partial charge in [-0.05, 0) is 24.1 Å². The zero-order chi connectivity index (χ0) is 12.9. The molecule has 0 saturated carbocycles. The standard InChI is InChI=1S/C13H18ClNO2/c1-2-3-7-13(15,12(16)17)9-10-5-4-6-11(14)8-10/h4-6,8H,2-3,7,9,15H2,1H3,(H,16,17)/t13-/m0/s1. The molecular formula is C13H18ClNO2. The number of carbonyl (C=O) groups is 1. The van der Waals surface area contributed by atoms with Crippen LogP contribution in [0.4, 0.5) is 0 Å². The summed E-state index contributed by atoms with van der Waals surface area (Å²) in [6, 6.07) is 7.18. The van der Waals surface area contributed by atoms with Crippen LogP contribution < -0.4 is 5.73 Å². The van der Waals surface area contributed by atoms with Crippen LogP contribution >= 0.6 is 11.6 Å². The van der Waals surface area contributed by atoms with E-state index in [4.69, 9.17) is 17.3 Å². The molecule has 1 rings (SSSR count). The number of halogens is 1. The maximum Gasteiger partial charge on any atom is 0.324 e. The van der Waals surface area contributed by atoms with Crippen LogP contribution in [-0.4, -0.2) is 16.6 Å². The Hall–Kier alpha value is -1.06. The molecule has 1 aromatic carbocycles. The molecule has 3 N–H and O–H groups in total. The van der Waals surface area contributed by atoms with Crippen molar-refractivity contribution in [3.05, 3.63) is 34.9 Å². The molecule has 0 aliphatic carbocycles. The van der Waals surface area contributed by atoms with Gasteiger partial charge in [0.15, 0.2) is 0 Å². The van der Waals surface area contributed by atoms with Gasteiger partial charge in [0.05, 0.1) is 0 Å². The normalized spacial score (nSPS) is 14.3. The summed E-state index contributed by atoms with van der Waals surface area (Å²) in [6.45, 7) is 2.02. The van der Waals surface area contributed by atoms with Crippen molar-refractivity contribution in [3.8, 4) is 0 Å². The van der Waals surface area contributed by atoms with Gasteiger partial charge in [-0.2, -0.15) is 0 Å². The lowest BCUT2D eigenvalue weighted by Gasteiger charge is -2.24. The minimum Gasteiger partial charge on any atom is -0.480 e. The Morgan fingerprint density at radius 3 is 2.76 bits per heavy atom. The summed E-state index contributed by atoms with van der Waals surface area (Å²) in [7, 11) is 0. The SMILES string of the molecule is CCCC[C@](N)(Cc1cccc(Cl)c1)C(=O)O. The van der Waals surface area contributed by atoms with Crippen molar-refractivity contribution in [1.29, 1.82) is 0 Å². The summed E-state index contributed by atoms with van der Waals surface area (Å²) < 4.78 is 0. The quantitative estimate of drug-likeness (QED) is 0.822. The average Bonchev–Trinajstić information content (AvgIpc) is 2.26. The first-order valence-electron chi connectivity index (χ1n) is 5.74. The molecule has 0 spiro atoms. The van der Waals surface area contributed by atoms with Gasteiger partial charge < -0.3 is 10.8 Å². The predicted octanol–water partition coefficient (Wildman–Crippen LogP) is 2.85. The fraction of sp³-hybridized carbons (Fsp3) is 0.462. The third kappa shape index (κ3) is 4.02. The number of carboxylic acid groups (broad SMARTS) is 1. The van der Waals surface area contributed by atoms with Crippen LogP contribution in [0, 0.1) is 0 Å². The molecule has 17 heavy (non-hydrogen) atoms. The van der Waals surface area contributed by atoms with E-state index in [1.54, 1.807) is 18.2 Å². The van der Waals surface area contributed by atoms with Crippen LogP contribution in [-0.2, 0) is 11.2 Å². The van der Waals surface area contributed by atoms with E-state index in [0.29, 0.717) is 17.9 Å². The minimum absolute atomic E-state index is 0.308. The lowest BCUT2D eigenvalue weighted by atomic mass is 9.87. The summed E-state index contributed by atoms with van der Waals surface area (Å²) in [4.78, 5) is 11.3. The lowest BCUT2D eigenvalue weighted by molar-refractivity contribution is -0.143. The zero-order valence-corrected chi connectivity index (χ0v) is 10.7. The zero-order valence-electron chi connectivity index (χ0n) is 9.95. The highest BCUT2D eigenvalue weighted by molar-refractivity contribution is 6.30. The molecule has 0 saturated heterocycles. The highest BCUT2D eigenvalue weighted by Gasteiger charge is 2.33. The summed E-state index contributed by atoms with van der Waals surface area (Å²) >= 11 is 5.87. The molecule has 94 valence electrons. The number of nitrogens with two attached hydrogens (primary N) is 1. The smallest absolute Gasteiger partial charge is 0.324 e. The molecule has 0 aliphatic heterocycles. The van der Waals surface area contributed by atoms with Gasteiger partial charge in [0.2, 0.25) is 0 Å². The Labute approximate surface area is 107 Å². The Kier molecular flexibility index (Phi) is 4.97. The predicted molar refractivity (Wildman–Crippen MR) is 69.2 cm³/mol. The van der Waals surface area contributed by atoms with Crippen molar-refractivity contribution in [2.24, 2.45) is 5.73 Å². The van der Waals surface area contributed by atoms with Gasteiger partial charge in [0, 0.05) is 11.4 Å². The van der Waals surface area contributed by atoms with E-state index in [-0.39, 0.29) is 0 Å². The number of rotatable bonds is 6. The molecule has 0 unspecified atom stereocenters. The molecule has 0 heterocycles. The van der Waals surface area contributed by atoms with Gasteiger partial charge in [-0.1, -0.05) is 43.5 Å². The van der Waals surface area contributed by atoms with Crippen molar-refractivity contribution in [1.82, 2.24) is 0 Å². The molecule has 4 heteroatoms. The summed E-state index contributed by atoms with van der Waals surface area (Å²) in [5.74, 6) is -0.953. The molecular weight excluding hydrogens is 238 g/mol. The molecule has 1 atom stereocenters. The minimum atomic E-state index is -1.19. The third-order valence-corrected chi connectivity index (χ3v) is 3.05. The highest BCUT2D eigenvalue weighted by atomic mass is 35.5.